The number of fused-ring (bicyclic) bond motifs is 3. The molecule has 0 spiro atoms. The van der Waals surface area contributed by atoms with E-state index in [4.69, 9.17) is 37.4 Å². The van der Waals surface area contributed by atoms with Crippen LogP contribution in [0.1, 0.15) is 49.6 Å². The highest BCUT2D eigenvalue weighted by molar-refractivity contribution is 6.31. The quantitative estimate of drug-likeness (QED) is 0.157. The third-order valence-corrected chi connectivity index (χ3v) is 7.29. The number of amides is 1. The van der Waals surface area contributed by atoms with Crippen LogP contribution in [0.25, 0.3) is 10.9 Å². The van der Waals surface area contributed by atoms with Gasteiger partial charge in [-0.15, -0.1) is 0 Å². The SMILES string of the molecule is CC(C)(O)OCCCCOc1ccc([C@H]2c3[nH]c4ccc(Cl)cc4c3CCN2C(=O)Oc2ccc(Cl)cc2)cc1. The second kappa shape index (κ2) is 12.1. The lowest BCUT2D eigenvalue weighted by Gasteiger charge is -2.35. The molecule has 0 aliphatic carbocycles. The van der Waals surface area contributed by atoms with Gasteiger partial charge in [0, 0.05) is 33.2 Å². The topological polar surface area (TPSA) is 84.0 Å². The van der Waals surface area contributed by atoms with Crippen LogP contribution in [-0.2, 0) is 11.2 Å². The van der Waals surface area contributed by atoms with Gasteiger partial charge in [-0.25, -0.2) is 4.79 Å². The van der Waals surface area contributed by atoms with Crippen LogP contribution in [0.15, 0.2) is 66.7 Å². The lowest BCUT2D eigenvalue weighted by Crippen LogP contribution is -2.42. The number of rotatable bonds is 9. The fourth-order valence-corrected chi connectivity index (χ4v) is 5.23. The minimum atomic E-state index is -1.12. The van der Waals surface area contributed by atoms with E-state index in [0.717, 1.165) is 46.3 Å². The van der Waals surface area contributed by atoms with Gasteiger partial charge in [0.1, 0.15) is 17.5 Å². The highest BCUT2D eigenvalue weighted by Gasteiger charge is 2.35. The van der Waals surface area contributed by atoms with E-state index in [-0.39, 0.29) is 6.04 Å². The number of aliphatic hydroxyl groups is 1. The van der Waals surface area contributed by atoms with Crippen molar-refractivity contribution in [3.05, 3.63) is 93.6 Å². The molecule has 1 aromatic heterocycles. The van der Waals surface area contributed by atoms with Crippen LogP contribution < -0.4 is 9.47 Å². The first-order valence-electron chi connectivity index (χ1n) is 13.3. The molecule has 9 heteroatoms. The monoisotopic (exact) mass is 582 g/mol. The molecule has 7 nitrogen and oxygen atoms in total. The number of benzene rings is 3. The number of ether oxygens (including phenoxy) is 3. The Bertz CT molecular complexity index is 1460. The molecule has 1 amide bonds. The van der Waals surface area contributed by atoms with Gasteiger partial charge in [-0.3, -0.25) is 4.90 Å². The summed E-state index contributed by atoms with van der Waals surface area (Å²) >= 11 is 12.3. The minimum absolute atomic E-state index is 0.386. The Morgan fingerprint density at radius 2 is 1.65 bits per heavy atom. The van der Waals surface area contributed by atoms with Crippen LogP contribution >= 0.6 is 23.2 Å². The molecule has 40 heavy (non-hydrogen) atoms. The first-order valence-corrected chi connectivity index (χ1v) is 14.1. The van der Waals surface area contributed by atoms with E-state index in [1.165, 1.54) is 0 Å². The summed E-state index contributed by atoms with van der Waals surface area (Å²) in [4.78, 5) is 18.7. The van der Waals surface area contributed by atoms with Gasteiger partial charge >= 0.3 is 6.09 Å². The van der Waals surface area contributed by atoms with Gasteiger partial charge in [-0.2, -0.15) is 0 Å². The maximum atomic E-state index is 13.5. The zero-order valence-corrected chi connectivity index (χ0v) is 24.0. The first kappa shape index (κ1) is 28.3. The smallest absolute Gasteiger partial charge is 0.416 e. The molecule has 1 aliphatic heterocycles. The van der Waals surface area contributed by atoms with Gasteiger partial charge in [0.15, 0.2) is 5.79 Å². The molecule has 0 radical (unpaired) electrons. The van der Waals surface area contributed by atoms with Gasteiger partial charge in [0.25, 0.3) is 0 Å². The number of unbranched alkanes of at least 4 members (excludes halogenated alkanes) is 1. The van der Waals surface area contributed by atoms with E-state index in [9.17, 15) is 9.90 Å². The molecule has 0 bridgehead atoms. The number of carbonyl (C=O) groups is 1. The van der Waals surface area contributed by atoms with Gasteiger partial charge in [0.05, 0.1) is 13.2 Å². The van der Waals surface area contributed by atoms with Gasteiger partial charge in [0.2, 0.25) is 0 Å². The molecule has 0 saturated heterocycles. The normalized spacial score (nSPS) is 15.2. The van der Waals surface area contributed by atoms with Crippen LogP contribution in [0.3, 0.4) is 0 Å². The number of nitrogens with zero attached hydrogens (tertiary/aromatic N) is 1. The van der Waals surface area contributed by atoms with Crippen LogP contribution in [0.2, 0.25) is 10.0 Å². The number of halogens is 2. The van der Waals surface area contributed by atoms with Crippen molar-refractivity contribution in [2.24, 2.45) is 0 Å². The summed E-state index contributed by atoms with van der Waals surface area (Å²) in [6.07, 6.45) is 1.80. The Morgan fingerprint density at radius 3 is 2.38 bits per heavy atom. The maximum Gasteiger partial charge on any atom is 0.416 e. The molecule has 0 fully saturated rings. The number of aromatic amines is 1. The molecular formula is C31H32Cl2N2O5. The van der Waals surface area contributed by atoms with E-state index in [2.05, 4.69) is 4.98 Å². The average Bonchev–Trinajstić information content (AvgIpc) is 3.29. The predicted octanol–water partition coefficient (Wildman–Crippen LogP) is 7.53. The summed E-state index contributed by atoms with van der Waals surface area (Å²) < 4.78 is 17.0. The van der Waals surface area contributed by atoms with Crippen LogP contribution in [0.5, 0.6) is 11.5 Å². The number of hydrogen-bond donors (Lipinski definition) is 2. The molecule has 0 unspecified atom stereocenters. The number of hydrogen-bond acceptors (Lipinski definition) is 5. The maximum absolute atomic E-state index is 13.5. The number of carbonyl (C=O) groups excluding carboxylic acids is 1. The van der Waals surface area contributed by atoms with Gasteiger partial charge < -0.3 is 24.3 Å². The highest BCUT2D eigenvalue weighted by atomic mass is 35.5. The summed E-state index contributed by atoms with van der Waals surface area (Å²) in [5.41, 5.74) is 3.99. The Balaban J connectivity index is 1.36. The summed E-state index contributed by atoms with van der Waals surface area (Å²) in [5.74, 6) is 0.0446. The Labute approximate surface area is 243 Å². The molecule has 2 heterocycles. The van der Waals surface area contributed by atoms with Crippen molar-refractivity contribution in [3.63, 3.8) is 0 Å². The van der Waals surface area contributed by atoms with Gasteiger partial charge in [-0.1, -0.05) is 35.3 Å². The molecule has 1 aliphatic rings. The summed E-state index contributed by atoms with van der Waals surface area (Å²) in [7, 11) is 0. The van der Waals surface area contributed by atoms with Crippen molar-refractivity contribution in [3.8, 4) is 11.5 Å². The molecular weight excluding hydrogens is 551 g/mol. The van der Waals surface area contributed by atoms with Gasteiger partial charge in [-0.05, 0) is 98.8 Å². The highest BCUT2D eigenvalue weighted by Crippen LogP contribution is 2.40. The Kier molecular flexibility index (Phi) is 8.57. The summed E-state index contributed by atoms with van der Waals surface area (Å²) in [5, 5.41) is 11.9. The van der Waals surface area contributed by atoms with Crippen molar-refractivity contribution < 1.29 is 24.1 Å². The zero-order chi connectivity index (χ0) is 28.3. The first-order chi connectivity index (χ1) is 19.2. The van der Waals surface area contributed by atoms with E-state index >= 15 is 0 Å². The lowest BCUT2D eigenvalue weighted by molar-refractivity contribution is -0.176. The molecule has 210 valence electrons. The average molecular weight is 584 g/mol. The standard InChI is InChI=1S/C31H32Cl2N2O5/c1-31(2,37)39-18-4-3-17-38-23-10-5-20(6-11-23)29-28-25(26-19-22(33)9-14-27(26)34-28)15-16-35(29)30(36)40-24-12-7-21(32)8-13-24/h5-14,19,29,34,37H,3-4,15-18H2,1-2H3/t29-/m0/s1. The summed E-state index contributed by atoms with van der Waals surface area (Å²) in [6, 6.07) is 19.9. The molecule has 1 atom stereocenters. The summed E-state index contributed by atoms with van der Waals surface area (Å²) in [6.45, 7) is 4.71. The van der Waals surface area contributed by atoms with Crippen molar-refractivity contribution in [1.82, 2.24) is 9.88 Å². The Morgan fingerprint density at radius 1 is 0.975 bits per heavy atom. The predicted molar refractivity (Wildman–Crippen MR) is 156 cm³/mol. The fraction of sp³-hybridized carbons (Fsp3) is 0.323. The number of nitrogens with one attached hydrogen (secondary N) is 1. The lowest BCUT2D eigenvalue weighted by atomic mass is 9.92. The minimum Gasteiger partial charge on any atom is -0.494 e. The number of H-pyrrole nitrogens is 1. The van der Waals surface area contributed by atoms with Crippen molar-refractivity contribution in [2.45, 2.75) is 44.9 Å². The van der Waals surface area contributed by atoms with Crippen molar-refractivity contribution >= 4 is 40.2 Å². The third-order valence-electron chi connectivity index (χ3n) is 6.80. The third kappa shape index (κ3) is 6.73. The molecule has 0 saturated carbocycles. The van der Waals surface area contributed by atoms with Crippen molar-refractivity contribution in [1.29, 1.82) is 0 Å². The molecule has 2 N–H and O–H groups in total. The van der Waals surface area contributed by atoms with E-state index < -0.39 is 11.9 Å². The number of aromatic nitrogens is 1. The van der Waals surface area contributed by atoms with E-state index in [1.807, 2.05) is 42.5 Å². The van der Waals surface area contributed by atoms with Crippen LogP contribution in [-0.4, -0.2) is 46.6 Å². The largest absolute Gasteiger partial charge is 0.494 e. The fourth-order valence-electron chi connectivity index (χ4n) is 4.93. The molecule has 3 aromatic carbocycles. The Hall–Kier alpha value is -3.23. The van der Waals surface area contributed by atoms with Crippen molar-refractivity contribution in [2.75, 3.05) is 19.8 Å². The zero-order valence-electron chi connectivity index (χ0n) is 22.5. The van der Waals surface area contributed by atoms with Crippen LogP contribution in [0, 0.1) is 0 Å². The van der Waals surface area contributed by atoms with E-state index in [0.29, 0.717) is 42.0 Å². The second-order valence-electron chi connectivity index (χ2n) is 10.3. The molecule has 5 rings (SSSR count). The van der Waals surface area contributed by atoms with E-state index in [1.54, 1.807) is 43.0 Å². The molecule has 4 aromatic rings. The second-order valence-corrected chi connectivity index (χ2v) is 11.2. The van der Waals surface area contributed by atoms with Crippen LogP contribution in [0.4, 0.5) is 4.79 Å².